The van der Waals surface area contributed by atoms with Crippen LogP contribution < -0.4 is 21.5 Å². The maximum absolute atomic E-state index is 13.8. The Kier molecular flexibility index (Phi) is 10.0. The molecular formula is C32H36N6O5. The van der Waals surface area contributed by atoms with Crippen LogP contribution in [0, 0.1) is 0 Å². The summed E-state index contributed by atoms with van der Waals surface area (Å²) in [5.74, 6) is -0.462. The number of rotatable bonds is 13. The Morgan fingerprint density at radius 1 is 0.977 bits per heavy atom. The van der Waals surface area contributed by atoms with E-state index in [1.165, 1.54) is 11.0 Å². The number of nitrogens with two attached hydrogens (primary N) is 2. The molecule has 43 heavy (non-hydrogen) atoms. The predicted molar refractivity (Wildman–Crippen MR) is 162 cm³/mol. The second-order valence-electron chi connectivity index (χ2n) is 10.9. The smallest absolute Gasteiger partial charge is 0.391 e. The molecule has 0 spiro atoms. The van der Waals surface area contributed by atoms with Crippen LogP contribution in [0.2, 0.25) is 0 Å². The van der Waals surface area contributed by atoms with Gasteiger partial charge in [0.1, 0.15) is 0 Å². The number of likely N-dealkylation sites (N-methyl/N-ethyl adjacent to an activating group) is 1. The van der Waals surface area contributed by atoms with Gasteiger partial charge in [-0.2, -0.15) is 0 Å². The van der Waals surface area contributed by atoms with Crippen LogP contribution in [0.4, 0.5) is 4.79 Å². The summed E-state index contributed by atoms with van der Waals surface area (Å²) in [6.45, 7) is 3.44. The van der Waals surface area contributed by atoms with Crippen LogP contribution >= 0.6 is 0 Å². The average molecular weight is 585 g/mol. The number of nitrogens with zero attached hydrogens (tertiary/aromatic N) is 3. The summed E-state index contributed by atoms with van der Waals surface area (Å²) in [6.07, 6.45) is 2.21. The van der Waals surface area contributed by atoms with Gasteiger partial charge >= 0.3 is 12.2 Å². The Labute approximate surface area is 249 Å². The van der Waals surface area contributed by atoms with E-state index >= 15 is 0 Å². The number of ether oxygens (including phenoxy) is 1. The molecule has 224 valence electrons. The maximum Gasteiger partial charge on any atom is 0.423 e. The number of Topliss-reactive ketones (excluding diaryl/α,β-unsaturated/α-hetero) is 1. The molecule has 0 aliphatic heterocycles. The number of amides is 2. The second kappa shape index (κ2) is 13.9. The lowest BCUT2D eigenvalue weighted by Gasteiger charge is -2.28. The molecule has 0 fully saturated rings. The van der Waals surface area contributed by atoms with Crippen molar-refractivity contribution < 1.29 is 23.5 Å². The third-order valence-electron chi connectivity index (χ3n) is 6.80. The van der Waals surface area contributed by atoms with Crippen LogP contribution in [0.15, 0.2) is 89.4 Å². The van der Waals surface area contributed by atoms with Crippen LogP contribution in [-0.4, -0.2) is 58.1 Å². The predicted octanol–water partition coefficient (Wildman–Crippen LogP) is 3.49. The third-order valence-corrected chi connectivity index (χ3v) is 6.80. The molecule has 11 nitrogen and oxygen atoms in total. The van der Waals surface area contributed by atoms with Gasteiger partial charge in [0.25, 0.3) is 0 Å². The highest BCUT2D eigenvalue weighted by molar-refractivity contribution is 5.94. The van der Waals surface area contributed by atoms with Crippen molar-refractivity contribution in [2.24, 2.45) is 11.5 Å². The first-order valence-corrected chi connectivity index (χ1v) is 13.8. The van der Waals surface area contributed by atoms with E-state index in [1.807, 2.05) is 72.8 Å². The van der Waals surface area contributed by atoms with Gasteiger partial charge < -0.3 is 25.5 Å². The fourth-order valence-electron chi connectivity index (χ4n) is 4.54. The number of fused-ring (bicyclic) bond motifs is 1. The second-order valence-corrected chi connectivity index (χ2v) is 10.9. The van der Waals surface area contributed by atoms with Crippen molar-refractivity contribution in [3.05, 3.63) is 102 Å². The molecule has 0 saturated carbocycles. The summed E-state index contributed by atoms with van der Waals surface area (Å²) in [6, 6.07) is 22.1. The van der Waals surface area contributed by atoms with Gasteiger partial charge in [-0.05, 0) is 42.2 Å². The minimum absolute atomic E-state index is 0.108. The number of carbonyl (C=O) groups excluding carboxylic acids is 3. The summed E-state index contributed by atoms with van der Waals surface area (Å²) in [5, 5.41) is 13.0. The molecule has 5 N–H and O–H groups in total. The highest BCUT2D eigenvalue weighted by Crippen LogP contribution is 2.22. The third kappa shape index (κ3) is 9.06. The van der Waals surface area contributed by atoms with Crippen molar-refractivity contribution in [3.8, 4) is 6.08 Å². The zero-order chi connectivity index (χ0) is 31.0. The van der Waals surface area contributed by atoms with Crippen LogP contribution in [0.3, 0.4) is 0 Å². The summed E-state index contributed by atoms with van der Waals surface area (Å²) >= 11 is 0. The first kappa shape index (κ1) is 31.1. The quantitative estimate of drug-likeness (QED) is 0.199. The van der Waals surface area contributed by atoms with E-state index in [4.69, 9.17) is 20.6 Å². The van der Waals surface area contributed by atoms with E-state index in [0.29, 0.717) is 12.8 Å². The zero-order valence-electron chi connectivity index (χ0n) is 24.4. The maximum atomic E-state index is 13.8. The van der Waals surface area contributed by atoms with Crippen molar-refractivity contribution in [3.63, 3.8) is 0 Å². The first-order chi connectivity index (χ1) is 20.5. The number of aromatic nitrogens is 2. The van der Waals surface area contributed by atoms with E-state index in [-0.39, 0.29) is 24.1 Å². The molecule has 0 aliphatic carbocycles. The molecule has 4 rings (SSSR count). The standard InChI is InChI=1S/C32H36N6O5/c1-32(2,34)16-15-28(40)38(3)26(19-22-13-14-23-11-7-8-12-24(23)17-22)27(39)20-35-25(18-21-9-5-4-6-10-21)29-36-37-31(42-29)43-30(33)41/h4-17,25-26,35H,18-20,34H2,1-3H3,(H2,33,41)/b16-15+/t25-,26-/m1/s1. The molecule has 3 aromatic carbocycles. The Bertz CT molecular complexity index is 1590. The lowest BCUT2D eigenvalue weighted by molar-refractivity contribution is -0.134. The molecule has 2 amide bonds. The topological polar surface area (TPSA) is 167 Å². The normalized spacial score (nSPS) is 13.1. The summed E-state index contributed by atoms with van der Waals surface area (Å²) in [5.41, 5.74) is 12.3. The number of hydrogen-bond acceptors (Lipinski definition) is 9. The van der Waals surface area contributed by atoms with Gasteiger partial charge in [0, 0.05) is 25.1 Å². The van der Waals surface area contributed by atoms with Crippen molar-refractivity contribution in [2.45, 2.75) is 44.3 Å². The SMILES string of the molecule is CN(C(=O)/C=C/C(C)(C)N)[C@H](Cc1ccc2ccccc2c1)C(=O)CN[C@H](Cc1ccccc1)c1nnc(OC(N)=O)o1. The highest BCUT2D eigenvalue weighted by atomic mass is 16.6. The molecule has 0 radical (unpaired) electrons. The lowest BCUT2D eigenvalue weighted by Crippen LogP contribution is -2.47. The monoisotopic (exact) mass is 584 g/mol. The molecule has 0 aliphatic rings. The minimum atomic E-state index is -1.09. The number of benzene rings is 3. The molecule has 11 heteroatoms. The molecule has 0 saturated heterocycles. The van der Waals surface area contributed by atoms with E-state index in [9.17, 15) is 14.4 Å². The minimum Gasteiger partial charge on any atom is -0.391 e. The van der Waals surface area contributed by atoms with E-state index in [0.717, 1.165) is 21.9 Å². The van der Waals surface area contributed by atoms with Gasteiger partial charge in [-0.1, -0.05) is 84.0 Å². The van der Waals surface area contributed by atoms with Gasteiger partial charge in [-0.15, -0.1) is 5.10 Å². The molecule has 1 heterocycles. The van der Waals surface area contributed by atoms with Crippen molar-refractivity contribution in [2.75, 3.05) is 13.6 Å². The zero-order valence-corrected chi connectivity index (χ0v) is 24.4. The molecule has 1 aromatic heterocycles. The number of nitrogens with one attached hydrogen (secondary N) is 1. The molecule has 0 bridgehead atoms. The van der Waals surface area contributed by atoms with Crippen molar-refractivity contribution >= 4 is 28.6 Å². The van der Waals surface area contributed by atoms with Gasteiger partial charge in [-0.25, -0.2) is 4.79 Å². The molecule has 4 aromatic rings. The first-order valence-electron chi connectivity index (χ1n) is 13.8. The van der Waals surface area contributed by atoms with Crippen molar-refractivity contribution in [1.29, 1.82) is 0 Å². The van der Waals surface area contributed by atoms with Gasteiger partial charge in [-0.3, -0.25) is 14.9 Å². The Hall–Kier alpha value is -4.87. The van der Waals surface area contributed by atoms with Crippen molar-refractivity contribution in [1.82, 2.24) is 20.4 Å². The number of ketones is 1. The summed E-state index contributed by atoms with van der Waals surface area (Å²) in [4.78, 5) is 39.6. The number of carbonyl (C=O) groups is 3. The van der Waals surface area contributed by atoms with E-state index in [1.54, 1.807) is 27.0 Å². The Morgan fingerprint density at radius 2 is 1.67 bits per heavy atom. The molecule has 0 unspecified atom stereocenters. The van der Waals surface area contributed by atoms with Gasteiger partial charge in [0.15, 0.2) is 5.78 Å². The fraction of sp³-hybridized carbons (Fsp3) is 0.281. The largest absolute Gasteiger partial charge is 0.423 e. The van der Waals surface area contributed by atoms with Crippen LogP contribution in [0.5, 0.6) is 6.08 Å². The number of primary amides is 1. The summed E-state index contributed by atoms with van der Waals surface area (Å²) in [7, 11) is 1.60. The Balaban J connectivity index is 1.58. The molecular weight excluding hydrogens is 548 g/mol. The molecule has 2 atom stereocenters. The van der Waals surface area contributed by atoms with Crippen LogP contribution in [0.25, 0.3) is 10.8 Å². The van der Waals surface area contributed by atoms with E-state index in [2.05, 4.69) is 15.5 Å². The van der Waals surface area contributed by atoms with Crippen LogP contribution in [0.1, 0.15) is 36.9 Å². The lowest BCUT2D eigenvalue weighted by atomic mass is 9.97. The fourth-order valence-corrected chi connectivity index (χ4v) is 4.54. The van der Waals surface area contributed by atoms with Crippen LogP contribution in [-0.2, 0) is 22.4 Å². The number of hydrogen-bond donors (Lipinski definition) is 3. The Morgan fingerprint density at radius 3 is 2.37 bits per heavy atom. The van der Waals surface area contributed by atoms with Gasteiger partial charge in [0.05, 0.1) is 18.6 Å². The highest BCUT2D eigenvalue weighted by Gasteiger charge is 2.28. The van der Waals surface area contributed by atoms with E-state index < -0.39 is 29.8 Å². The average Bonchev–Trinajstić information content (AvgIpc) is 3.44. The van der Waals surface area contributed by atoms with Gasteiger partial charge in [0.2, 0.25) is 11.8 Å². The summed E-state index contributed by atoms with van der Waals surface area (Å²) < 4.78 is 10.2.